The van der Waals surface area contributed by atoms with Crippen LogP contribution < -0.4 is 10.5 Å². The number of aromatic nitrogens is 2. The van der Waals surface area contributed by atoms with E-state index in [4.69, 9.17) is 10.5 Å². The summed E-state index contributed by atoms with van der Waals surface area (Å²) in [5, 5.41) is 0. The van der Waals surface area contributed by atoms with Gasteiger partial charge in [0.1, 0.15) is 5.75 Å². The second-order valence-corrected chi connectivity index (χ2v) is 5.43. The van der Waals surface area contributed by atoms with Crippen molar-refractivity contribution in [3.05, 3.63) is 35.5 Å². The van der Waals surface area contributed by atoms with Gasteiger partial charge in [-0.25, -0.2) is 9.97 Å². The highest BCUT2D eigenvalue weighted by molar-refractivity contribution is 5.66. The number of ether oxygens (including phenoxy) is 1. The molecule has 0 saturated carbocycles. The molecule has 1 heterocycles. The minimum absolute atomic E-state index is 0.365. The van der Waals surface area contributed by atoms with E-state index in [-0.39, 0.29) is 0 Å². The molecule has 1 aromatic carbocycles. The molecule has 0 saturated heterocycles. The maximum Gasteiger partial charge on any atom is 0.220 e. The number of hydrogen-bond donors (Lipinski definition) is 1. The molecule has 1 unspecified atom stereocenters. The number of rotatable bonds is 2. The Balaban J connectivity index is 2.09. The molecule has 2 aromatic rings. The van der Waals surface area contributed by atoms with Crippen molar-refractivity contribution in [2.75, 3.05) is 12.8 Å². The lowest BCUT2D eigenvalue weighted by Gasteiger charge is -2.23. The van der Waals surface area contributed by atoms with Crippen LogP contribution in [0.1, 0.15) is 24.6 Å². The Hall–Kier alpha value is -2.10. The Morgan fingerprint density at radius 3 is 2.65 bits per heavy atom. The minimum Gasteiger partial charge on any atom is -0.497 e. The SMILES string of the molecule is COc1ccc(-c2nc(N)nc3c2CC(C)CC3)cc1. The minimum atomic E-state index is 0.365. The first-order valence-corrected chi connectivity index (χ1v) is 6.97. The van der Waals surface area contributed by atoms with E-state index < -0.39 is 0 Å². The van der Waals surface area contributed by atoms with E-state index in [0.717, 1.165) is 35.5 Å². The van der Waals surface area contributed by atoms with Crippen LogP contribution in [0.15, 0.2) is 24.3 Å². The Morgan fingerprint density at radius 1 is 1.20 bits per heavy atom. The molecule has 1 aromatic heterocycles. The summed E-state index contributed by atoms with van der Waals surface area (Å²) in [6.07, 6.45) is 3.19. The largest absolute Gasteiger partial charge is 0.497 e. The average molecular weight is 269 g/mol. The first-order chi connectivity index (χ1) is 9.67. The summed E-state index contributed by atoms with van der Waals surface area (Å²) in [5.41, 5.74) is 10.3. The van der Waals surface area contributed by atoms with Gasteiger partial charge in [-0.2, -0.15) is 0 Å². The van der Waals surface area contributed by atoms with Crippen molar-refractivity contribution in [1.82, 2.24) is 9.97 Å². The van der Waals surface area contributed by atoms with Crippen LogP contribution in [0.4, 0.5) is 5.95 Å². The first kappa shape index (κ1) is 12.9. The molecule has 2 N–H and O–H groups in total. The number of fused-ring (bicyclic) bond motifs is 1. The summed E-state index contributed by atoms with van der Waals surface area (Å²) in [6, 6.07) is 7.96. The van der Waals surface area contributed by atoms with E-state index in [1.807, 2.05) is 24.3 Å². The highest BCUT2D eigenvalue weighted by atomic mass is 16.5. The highest BCUT2D eigenvalue weighted by Gasteiger charge is 2.21. The molecule has 0 bridgehead atoms. The fourth-order valence-corrected chi connectivity index (χ4v) is 2.79. The zero-order chi connectivity index (χ0) is 14.1. The molecule has 0 radical (unpaired) electrons. The van der Waals surface area contributed by atoms with Crippen molar-refractivity contribution < 1.29 is 4.74 Å². The number of hydrogen-bond acceptors (Lipinski definition) is 4. The van der Waals surface area contributed by atoms with Gasteiger partial charge in [0.05, 0.1) is 12.8 Å². The molecule has 0 aliphatic heterocycles. The second-order valence-electron chi connectivity index (χ2n) is 5.43. The van der Waals surface area contributed by atoms with Gasteiger partial charge in [0.15, 0.2) is 0 Å². The van der Waals surface area contributed by atoms with E-state index in [1.54, 1.807) is 7.11 Å². The van der Waals surface area contributed by atoms with Gasteiger partial charge in [0.2, 0.25) is 5.95 Å². The van der Waals surface area contributed by atoms with Crippen molar-refractivity contribution in [3.8, 4) is 17.0 Å². The number of anilines is 1. The summed E-state index contributed by atoms with van der Waals surface area (Å²) >= 11 is 0. The smallest absolute Gasteiger partial charge is 0.220 e. The van der Waals surface area contributed by atoms with Gasteiger partial charge in [-0.15, -0.1) is 0 Å². The van der Waals surface area contributed by atoms with Gasteiger partial charge in [-0.3, -0.25) is 0 Å². The standard InChI is InChI=1S/C16H19N3O/c1-10-3-8-14-13(9-10)15(19-16(17)18-14)11-4-6-12(20-2)7-5-11/h4-7,10H,3,8-9H2,1-2H3,(H2,17,18,19). The van der Waals surface area contributed by atoms with E-state index in [0.29, 0.717) is 11.9 Å². The predicted molar refractivity (Wildman–Crippen MR) is 79.6 cm³/mol. The molecule has 3 rings (SSSR count). The van der Waals surface area contributed by atoms with Crippen LogP contribution in [-0.2, 0) is 12.8 Å². The molecule has 0 spiro atoms. The van der Waals surface area contributed by atoms with Crippen LogP contribution in [0.5, 0.6) is 5.75 Å². The molecule has 20 heavy (non-hydrogen) atoms. The number of nitrogens with two attached hydrogens (primary N) is 1. The second kappa shape index (κ2) is 5.12. The molecule has 1 aliphatic rings. The topological polar surface area (TPSA) is 61.0 Å². The van der Waals surface area contributed by atoms with Crippen LogP contribution in [0.25, 0.3) is 11.3 Å². The predicted octanol–water partition coefficient (Wildman–Crippen LogP) is 2.86. The van der Waals surface area contributed by atoms with Crippen molar-refractivity contribution >= 4 is 5.95 Å². The van der Waals surface area contributed by atoms with Gasteiger partial charge in [0, 0.05) is 16.8 Å². The lowest BCUT2D eigenvalue weighted by molar-refractivity contribution is 0.415. The van der Waals surface area contributed by atoms with Gasteiger partial charge < -0.3 is 10.5 Å². The van der Waals surface area contributed by atoms with E-state index in [2.05, 4.69) is 16.9 Å². The van der Waals surface area contributed by atoms with Crippen molar-refractivity contribution in [3.63, 3.8) is 0 Å². The van der Waals surface area contributed by atoms with Crippen LogP contribution >= 0.6 is 0 Å². The third-order valence-corrected chi connectivity index (χ3v) is 3.90. The van der Waals surface area contributed by atoms with Crippen molar-refractivity contribution in [2.45, 2.75) is 26.2 Å². The summed E-state index contributed by atoms with van der Waals surface area (Å²) in [7, 11) is 1.67. The Bertz CT molecular complexity index is 622. The average Bonchev–Trinajstić information content (AvgIpc) is 2.47. The fourth-order valence-electron chi connectivity index (χ4n) is 2.79. The van der Waals surface area contributed by atoms with Gasteiger partial charge in [-0.05, 0) is 49.4 Å². The number of aryl methyl sites for hydroxylation is 1. The molecule has 0 amide bonds. The summed E-state index contributed by atoms with van der Waals surface area (Å²) in [4.78, 5) is 8.88. The molecular formula is C16H19N3O. The van der Waals surface area contributed by atoms with Crippen LogP contribution in [0, 0.1) is 5.92 Å². The van der Waals surface area contributed by atoms with Crippen molar-refractivity contribution in [1.29, 1.82) is 0 Å². The molecule has 1 aliphatic carbocycles. The number of methoxy groups -OCH3 is 1. The van der Waals surface area contributed by atoms with Crippen LogP contribution in [0.3, 0.4) is 0 Å². The third-order valence-electron chi connectivity index (χ3n) is 3.90. The Morgan fingerprint density at radius 2 is 1.95 bits per heavy atom. The lowest BCUT2D eigenvalue weighted by Crippen LogP contribution is -2.16. The summed E-state index contributed by atoms with van der Waals surface area (Å²) in [5.74, 6) is 1.88. The normalized spacial score (nSPS) is 17.6. The Kier molecular flexibility index (Phi) is 3.30. The number of nitrogen functional groups attached to an aromatic ring is 1. The fraction of sp³-hybridized carbons (Fsp3) is 0.375. The monoisotopic (exact) mass is 269 g/mol. The first-order valence-electron chi connectivity index (χ1n) is 6.97. The molecule has 4 nitrogen and oxygen atoms in total. The maximum absolute atomic E-state index is 5.86. The number of benzene rings is 1. The lowest BCUT2D eigenvalue weighted by atomic mass is 9.86. The molecule has 0 fully saturated rings. The van der Waals surface area contributed by atoms with Gasteiger partial charge in [0.25, 0.3) is 0 Å². The van der Waals surface area contributed by atoms with E-state index in [9.17, 15) is 0 Å². The third kappa shape index (κ3) is 2.33. The van der Waals surface area contributed by atoms with Crippen LogP contribution in [-0.4, -0.2) is 17.1 Å². The van der Waals surface area contributed by atoms with Crippen molar-refractivity contribution in [2.24, 2.45) is 5.92 Å². The number of nitrogens with zero attached hydrogens (tertiary/aromatic N) is 2. The summed E-state index contributed by atoms with van der Waals surface area (Å²) < 4.78 is 5.20. The van der Waals surface area contributed by atoms with E-state index >= 15 is 0 Å². The zero-order valence-corrected chi connectivity index (χ0v) is 11.9. The van der Waals surface area contributed by atoms with Crippen LogP contribution in [0.2, 0.25) is 0 Å². The maximum atomic E-state index is 5.86. The van der Waals surface area contributed by atoms with Gasteiger partial charge >= 0.3 is 0 Å². The molecule has 1 atom stereocenters. The molecular weight excluding hydrogens is 250 g/mol. The quantitative estimate of drug-likeness (QED) is 0.910. The zero-order valence-electron chi connectivity index (χ0n) is 11.9. The Labute approximate surface area is 119 Å². The summed E-state index contributed by atoms with van der Waals surface area (Å²) in [6.45, 7) is 2.27. The molecule has 104 valence electrons. The highest BCUT2D eigenvalue weighted by Crippen LogP contribution is 2.32. The van der Waals surface area contributed by atoms with E-state index in [1.165, 1.54) is 12.0 Å². The molecule has 4 heteroatoms. The van der Waals surface area contributed by atoms with Gasteiger partial charge in [-0.1, -0.05) is 6.92 Å².